The molecular formula is C12H15N3O. The van der Waals surface area contributed by atoms with E-state index in [1.807, 2.05) is 6.07 Å². The molecule has 4 heteroatoms. The summed E-state index contributed by atoms with van der Waals surface area (Å²) in [4.78, 5) is 15.3. The lowest BCUT2D eigenvalue weighted by Crippen LogP contribution is -2.19. The van der Waals surface area contributed by atoms with E-state index in [0.29, 0.717) is 5.69 Å². The number of nitrogens with zero attached hydrogens (tertiary/aromatic N) is 1. The van der Waals surface area contributed by atoms with Crippen molar-refractivity contribution >= 4 is 11.6 Å². The van der Waals surface area contributed by atoms with E-state index in [9.17, 15) is 4.79 Å². The molecule has 0 saturated carbocycles. The third kappa shape index (κ3) is 3.62. The number of nitrogens with one attached hydrogen (secondary N) is 2. The number of pyridine rings is 1. The Labute approximate surface area is 95.5 Å². The SMILES string of the molecule is C#CCCCNc1ccnc(C(=O)NC)c1. The molecule has 84 valence electrons. The molecule has 0 aliphatic carbocycles. The molecule has 0 aliphatic heterocycles. The number of terminal acetylenes is 1. The Morgan fingerprint density at radius 2 is 2.44 bits per heavy atom. The number of carbonyl (C=O) groups is 1. The Balaban J connectivity index is 2.54. The first kappa shape index (κ1) is 12.1. The lowest BCUT2D eigenvalue weighted by molar-refractivity contribution is 0.0958. The van der Waals surface area contributed by atoms with Crippen molar-refractivity contribution in [2.45, 2.75) is 12.8 Å². The lowest BCUT2D eigenvalue weighted by atomic mass is 10.2. The zero-order chi connectivity index (χ0) is 11.8. The van der Waals surface area contributed by atoms with Crippen molar-refractivity contribution in [2.24, 2.45) is 0 Å². The van der Waals surface area contributed by atoms with E-state index in [0.717, 1.165) is 25.1 Å². The number of hydrogen-bond acceptors (Lipinski definition) is 3. The predicted octanol–water partition coefficient (Wildman–Crippen LogP) is 1.27. The van der Waals surface area contributed by atoms with Gasteiger partial charge >= 0.3 is 0 Å². The summed E-state index contributed by atoms with van der Waals surface area (Å²) < 4.78 is 0. The highest BCUT2D eigenvalue weighted by Gasteiger charge is 2.04. The molecule has 2 N–H and O–H groups in total. The van der Waals surface area contributed by atoms with Crippen LogP contribution in [0.4, 0.5) is 5.69 Å². The summed E-state index contributed by atoms with van der Waals surface area (Å²) in [6, 6.07) is 3.54. The molecule has 0 radical (unpaired) electrons. The molecule has 16 heavy (non-hydrogen) atoms. The highest BCUT2D eigenvalue weighted by molar-refractivity contribution is 5.92. The van der Waals surface area contributed by atoms with E-state index in [2.05, 4.69) is 21.5 Å². The van der Waals surface area contributed by atoms with E-state index in [-0.39, 0.29) is 5.91 Å². The van der Waals surface area contributed by atoms with Crippen LogP contribution in [0.3, 0.4) is 0 Å². The number of anilines is 1. The van der Waals surface area contributed by atoms with Crippen LogP contribution in [0.5, 0.6) is 0 Å². The van der Waals surface area contributed by atoms with E-state index >= 15 is 0 Å². The first-order valence-electron chi connectivity index (χ1n) is 5.13. The van der Waals surface area contributed by atoms with Crippen LogP contribution in [0.2, 0.25) is 0 Å². The zero-order valence-corrected chi connectivity index (χ0v) is 9.29. The fourth-order valence-electron chi connectivity index (χ4n) is 1.22. The molecule has 0 unspecified atom stereocenters. The maximum atomic E-state index is 11.3. The van der Waals surface area contributed by atoms with Crippen LogP contribution in [0, 0.1) is 12.3 Å². The van der Waals surface area contributed by atoms with Crippen molar-refractivity contribution < 1.29 is 4.79 Å². The molecular weight excluding hydrogens is 202 g/mol. The average molecular weight is 217 g/mol. The topological polar surface area (TPSA) is 54.0 Å². The molecule has 1 heterocycles. The largest absolute Gasteiger partial charge is 0.385 e. The van der Waals surface area contributed by atoms with Gasteiger partial charge in [0.15, 0.2) is 0 Å². The van der Waals surface area contributed by atoms with Gasteiger partial charge in [-0.05, 0) is 18.6 Å². The van der Waals surface area contributed by atoms with Crippen LogP contribution >= 0.6 is 0 Å². The molecule has 0 saturated heterocycles. The number of unbranched alkanes of at least 4 members (excludes halogenated alkanes) is 1. The van der Waals surface area contributed by atoms with Gasteiger partial charge in [-0.25, -0.2) is 0 Å². The molecule has 4 nitrogen and oxygen atoms in total. The van der Waals surface area contributed by atoms with Crippen molar-refractivity contribution in [3.8, 4) is 12.3 Å². The van der Waals surface area contributed by atoms with Gasteiger partial charge in [-0.1, -0.05) is 0 Å². The smallest absolute Gasteiger partial charge is 0.269 e. The Morgan fingerprint density at radius 3 is 3.12 bits per heavy atom. The molecule has 1 rings (SSSR count). The minimum atomic E-state index is -0.188. The second kappa shape index (κ2) is 6.46. The number of rotatable bonds is 5. The molecule has 1 aromatic heterocycles. The molecule has 0 bridgehead atoms. The minimum Gasteiger partial charge on any atom is -0.385 e. The predicted molar refractivity (Wildman–Crippen MR) is 64.2 cm³/mol. The highest BCUT2D eigenvalue weighted by atomic mass is 16.1. The van der Waals surface area contributed by atoms with E-state index in [4.69, 9.17) is 6.42 Å². The van der Waals surface area contributed by atoms with Crippen molar-refractivity contribution in [3.05, 3.63) is 24.0 Å². The Hall–Kier alpha value is -2.02. The van der Waals surface area contributed by atoms with Gasteiger partial charge in [0.25, 0.3) is 5.91 Å². The van der Waals surface area contributed by atoms with Gasteiger partial charge in [0.05, 0.1) is 0 Å². The van der Waals surface area contributed by atoms with Crippen LogP contribution in [0.15, 0.2) is 18.3 Å². The normalized spacial score (nSPS) is 9.25. The maximum absolute atomic E-state index is 11.3. The van der Waals surface area contributed by atoms with Crippen LogP contribution in [0.25, 0.3) is 0 Å². The van der Waals surface area contributed by atoms with Crippen LogP contribution in [-0.4, -0.2) is 24.5 Å². The molecule has 0 aliphatic rings. The van der Waals surface area contributed by atoms with Crippen LogP contribution < -0.4 is 10.6 Å². The van der Waals surface area contributed by atoms with E-state index < -0.39 is 0 Å². The summed E-state index contributed by atoms with van der Waals surface area (Å²) in [7, 11) is 1.58. The van der Waals surface area contributed by atoms with Gasteiger partial charge in [0.2, 0.25) is 0 Å². The number of carbonyl (C=O) groups excluding carboxylic acids is 1. The van der Waals surface area contributed by atoms with Crippen molar-refractivity contribution in [1.29, 1.82) is 0 Å². The lowest BCUT2D eigenvalue weighted by Gasteiger charge is -2.06. The van der Waals surface area contributed by atoms with Gasteiger partial charge in [0, 0.05) is 31.9 Å². The monoisotopic (exact) mass is 217 g/mol. The molecule has 0 fully saturated rings. The quantitative estimate of drug-likeness (QED) is 0.577. The first-order valence-corrected chi connectivity index (χ1v) is 5.13. The van der Waals surface area contributed by atoms with Crippen molar-refractivity contribution in [1.82, 2.24) is 10.3 Å². The number of aromatic nitrogens is 1. The number of amides is 1. The summed E-state index contributed by atoms with van der Waals surface area (Å²) in [5.41, 5.74) is 1.29. The highest BCUT2D eigenvalue weighted by Crippen LogP contribution is 2.07. The van der Waals surface area contributed by atoms with Gasteiger partial charge in [0.1, 0.15) is 5.69 Å². The first-order chi connectivity index (χ1) is 7.77. The van der Waals surface area contributed by atoms with Crippen molar-refractivity contribution in [3.63, 3.8) is 0 Å². The summed E-state index contributed by atoms with van der Waals surface area (Å²) in [5, 5.41) is 5.71. The molecule has 0 aromatic carbocycles. The average Bonchev–Trinajstić information content (AvgIpc) is 2.34. The van der Waals surface area contributed by atoms with Gasteiger partial charge in [-0.3, -0.25) is 9.78 Å². The Kier molecular flexibility index (Phi) is 4.87. The molecule has 0 spiro atoms. The second-order valence-electron chi connectivity index (χ2n) is 3.24. The second-order valence-corrected chi connectivity index (χ2v) is 3.24. The third-order valence-electron chi connectivity index (χ3n) is 2.05. The summed E-state index contributed by atoms with van der Waals surface area (Å²) in [5.74, 6) is 2.39. The van der Waals surface area contributed by atoms with Gasteiger partial charge in [-0.2, -0.15) is 0 Å². The standard InChI is InChI=1S/C12H15N3O/c1-3-4-5-7-14-10-6-8-15-11(9-10)12(16)13-2/h1,6,8-9H,4-5,7H2,2H3,(H,13,16)(H,14,15). The summed E-state index contributed by atoms with van der Waals surface area (Å²) in [6.45, 7) is 0.793. The molecule has 1 amide bonds. The van der Waals surface area contributed by atoms with Crippen LogP contribution in [-0.2, 0) is 0 Å². The third-order valence-corrected chi connectivity index (χ3v) is 2.05. The fraction of sp³-hybridized carbons (Fsp3) is 0.333. The minimum absolute atomic E-state index is 0.188. The summed E-state index contributed by atoms with van der Waals surface area (Å²) >= 11 is 0. The van der Waals surface area contributed by atoms with Crippen LogP contribution in [0.1, 0.15) is 23.3 Å². The zero-order valence-electron chi connectivity index (χ0n) is 9.29. The Bertz CT molecular complexity index is 395. The number of hydrogen-bond donors (Lipinski definition) is 2. The van der Waals surface area contributed by atoms with Gasteiger partial charge in [-0.15, -0.1) is 12.3 Å². The molecule has 1 aromatic rings. The van der Waals surface area contributed by atoms with Crippen molar-refractivity contribution in [2.75, 3.05) is 18.9 Å². The maximum Gasteiger partial charge on any atom is 0.269 e. The van der Waals surface area contributed by atoms with E-state index in [1.165, 1.54) is 0 Å². The van der Waals surface area contributed by atoms with E-state index in [1.54, 1.807) is 19.3 Å². The summed E-state index contributed by atoms with van der Waals surface area (Å²) in [6.07, 6.45) is 8.42. The van der Waals surface area contributed by atoms with Gasteiger partial charge < -0.3 is 10.6 Å². The fourth-order valence-corrected chi connectivity index (χ4v) is 1.22. The Morgan fingerprint density at radius 1 is 1.62 bits per heavy atom. The molecule has 0 atom stereocenters.